The summed E-state index contributed by atoms with van der Waals surface area (Å²) in [5, 5.41) is 0. The molecule has 0 spiro atoms. The maximum Gasteiger partial charge on any atom is 0.150 e. The molecule has 0 radical (unpaired) electrons. The number of hydrogen-bond donors (Lipinski definition) is 1. The zero-order valence-electron chi connectivity index (χ0n) is 12.5. The highest BCUT2D eigenvalue weighted by molar-refractivity contribution is 5.76. The van der Waals surface area contributed by atoms with E-state index in [2.05, 4.69) is 11.8 Å². The topological polar surface area (TPSA) is 55.0 Å². The Morgan fingerprint density at radius 3 is 2.62 bits per heavy atom. The molecule has 1 aromatic carbocycles. The van der Waals surface area contributed by atoms with E-state index in [1.165, 1.54) is 19.3 Å². The Morgan fingerprint density at radius 1 is 1.10 bits per heavy atom. The number of para-hydroxylation sites is 2. The molecule has 21 heavy (non-hydrogen) atoms. The number of rotatable bonds is 1. The monoisotopic (exact) mass is 282 g/mol. The second-order valence-corrected chi connectivity index (χ2v) is 6.55. The van der Waals surface area contributed by atoms with Gasteiger partial charge in [-0.25, -0.2) is 9.97 Å². The molecule has 2 aromatic rings. The average Bonchev–Trinajstić information content (AvgIpc) is 2.92. The first-order valence-electron chi connectivity index (χ1n) is 7.96. The first-order valence-corrected chi connectivity index (χ1v) is 7.96. The largest absolute Gasteiger partial charge is 0.354 e. The van der Waals surface area contributed by atoms with E-state index in [0.29, 0.717) is 12.0 Å². The lowest BCUT2D eigenvalue weighted by Gasteiger charge is -2.29. The summed E-state index contributed by atoms with van der Waals surface area (Å²) in [5.74, 6) is 2.42. The van der Waals surface area contributed by atoms with Crippen LogP contribution in [-0.2, 0) is 0 Å². The number of nitrogens with two attached hydrogens (primary N) is 1. The van der Waals surface area contributed by atoms with Gasteiger partial charge in [-0.1, -0.05) is 18.6 Å². The van der Waals surface area contributed by atoms with E-state index in [-0.39, 0.29) is 0 Å². The standard InChI is InChI=1S/C17H22N4/c1-11-17(20-16-8-3-2-7-15(16)19-11)21-9-12-5-4-6-14(18)13(12)10-21/h2-3,7-8,12-14H,4-6,9-10,18H2,1H3. The average molecular weight is 282 g/mol. The van der Waals surface area contributed by atoms with Crippen LogP contribution in [-0.4, -0.2) is 29.1 Å². The van der Waals surface area contributed by atoms with Gasteiger partial charge in [0.2, 0.25) is 0 Å². The molecule has 3 atom stereocenters. The number of aromatic nitrogens is 2. The minimum absolute atomic E-state index is 0.363. The van der Waals surface area contributed by atoms with Crippen LogP contribution in [0.2, 0.25) is 0 Å². The van der Waals surface area contributed by atoms with E-state index >= 15 is 0 Å². The third kappa shape index (κ3) is 2.18. The summed E-state index contributed by atoms with van der Waals surface area (Å²) in [6, 6.07) is 8.47. The number of nitrogens with zero attached hydrogens (tertiary/aromatic N) is 3. The molecule has 1 aromatic heterocycles. The molecule has 2 aliphatic rings. The van der Waals surface area contributed by atoms with Gasteiger partial charge in [0.25, 0.3) is 0 Å². The van der Waals surface area contributed by atoms with Gasteiger partial charge in [0.05, 0.1) is 16.7 Å². The Bertz CT molecular complexity index is 669. The molecule has 3 unspecified atom stereocenters. The fourth-order valence-electron chi connectivity index (χ4n) is 4.07. The van der Waals surface area contributed by atoms with Gasteiger partial charge in [-0.3, -0.25) is 0 Å². The summed E-state index contributed by atoms with van der Waals surface area (Å²) in [7, 11) is 0. The SMILES string of the molecule is Cc1nc2ccccc2nc1N1CC2CCCC(N)C2C1. The molecule has 1 aliphatic carbocycles. The van der Waals surface area contributed by atoms with Crippen LogP contribution in [0.4, 0.5) is 5.82 Å². The zero-order valence-corrected chi connectivity index (χ0v) is 12.5. The van der Waals surface area contributed by atoms with Crippen molar-refractivity contribution in [2.24, 2.45) is 17.6 Å². The molecule has 2 heterocycles. The van der Waals surface area contributed by atoms with Gasteiger partial charge in [0, 0.05) is 19.1 Å². The van der Waals surface area contributed by atoms with Gasteiger partial charge in [-0.2, -0.15) is 0 Å². The molecule has 4 heteroatoms. The Hall–Kier alpha value is -1.68. The lowest BCUT2D eigenvalue weighted by atomic mass is 9.78. The highest BCUT2D eigenvalue weighted by atomic mass is 15.2. The zero-order chi connectivity index (χ0) is 14.4. The van der Waals surface area contributed by atoms with Crippen LogP contribution in [0.25, 0.3) is 11.0 Å². The highest BCUT2D eigenvalue weighted by Crippen LogP contribution is 2.37. The molecule has 0 bridgehead atoms. The van der Waals surface area contributed by atoms with Gasteiger partial charge in [0.1, 0.15) is 0 Å². The molecule has 1 aliphatic heterocycles. The van der Waals surface area contributed by atoms with Crippen molar-refractivity contribution in [3.63, 3.8) is 0 Å². The van der Waals surface area contributed by atoms with Gasteiger partial charge in [0.15, 0.2) is 5.82 Å². The molecule has 1 saturated heterocycles. The molecule has 1 saturated carbocycles. The van der Waals surface area contributed by atoms with E-state index in [4.69, 9.17) is 15.7 Å². The maximum absolute atomic E-state index is 6.33. The Balaban J connectivity index is 1.69. The second-order valence-electron chi connectivity index (χ2n) is 6.55. The third-order valence-corrected chi connectivity index (χ3v) is 5.17. The predicted octanol–water partition coefficient (Wildman–Crippen LogP) is 2.50. The first kappa shape index (κ1) is 13.0. The van der Waals surface area contributed by atoms with E-state index in [9.17, 15) is 0 Å². The minimum atomic E-state index is 0.363. The third-order valence-electron chi connectivity index (χ3n) is 5.17. The van der Waals surface area contributed by atoms with E-state index in [1.54, 1.807) is 0 Å². The van der Waals surface area contributed by atoms with E-state index < -0.39 is 0 Å². The lowest BCUT2D eigenvalue weighted by Crippen LogP contribution is -2.38. The number of anilines is 1. The summed E-state index contributed by atoms with van der Waals surface area (Å²) in [6.45, 7) is 4.20. The quantitative estimate of drug-likeness (QED) is 0.873. The first-order chi connectivity index (χ1) is 10.2. The molecular weight excluding hydrogens is 260 g/mol. The van der Waals surface area contributed by atoms with Crippen LogP contribution in [0, 0.1) is 18.8 Å². The van der Waals surface area contributed by atoms with Crippen molar-refractivity contribution in [3.8, 4) is 0 Å². The van der Waals surface area contributed by atoms with E-state index in [0.717, 1.165) is 41.6 Å². The number of hydrogen-bond acceptors (Lipinski definition) is 4. The minimum Gasteiger partial charge on any atom is -0.354 e. The van der Waals surface area contributed by atoms with Crippen LogP contribution in [0.15, 0.2) is 24.3 Å². The van der Waals surface area contributed by atoms with Crippen LogP contribution < -0.4 is 10.6 Å². The van der Waals surface area contributed by atoms with Crippen molar-refractivity contribution >= 4 is 16.9 Å². The van der Waals surface area contributed by atoms with Gasteiger partial charge < -0.3 is 10.6 Å². The van der Waals surface area contributed by atoms with Crippen LogP contribution in [0.1, 0.15) is 25.0 Å². The molecule has 2 N–H and O–H groups in total. The predicted molar refractivity (Wildman–Crippen MR) is 85.3 cm³/mol. The summed E-state index contributed by atoms with van der Waals surface area (Å²) >= 11 is 0. The summed E-state index contributed by atoms with van der Waals surface area (Å²) in [5.41, 5.74) is 9.32. The molecule has 4 rings (SSSR count). The van der Waals surface area contributed by atoms with Crippen molar-refractivity contribution in [1.29, 1.82) is 0 Å². The van der Waals surface area contributed by atoms with Crippen LogP contribution in [0.3, 0.4) is 0 Å². The van der Waals surface area contributed by atoms with Crippen LogP contribution >= 0.6 is 0 Å². The highest BCUT2D eigenvalue weighted by Gasteiger charge is 2.39. The van der Waals surface area contributed by atoms with Crippen molar-refractivity contribution in [2.75, 3.05) is 18.0 Å². The summed E-state index contributed by atoms with van der Waals surface area (Å²) in [6.07, 6.45) is 3.77. The molecular formula is C17H22N4. The Kier molecular flexibility index (Phi) is 3.07. The van der Waals surface area contributed by atoms with Crippen LogP contribution in [0.5, 0.6) is 0 Å². The number of aryl methyl sites for hydroxylation is 1. The Labute approximate surface area is 125 Å². The number of benzene rings is 1. The normalized spacial score (nSPS) is 28.9. The van der Waals surface area contributed by atoms with Gasteiger partial charge in [-0.15, -0.1) is 0 Å². The van der Waals surface area contributed by atoms with Gasteiger partial charge in [-0.05, 0) is 43.7 Å². The van der Waals surface area contributed by atoms with Crippen molar-refractivity contribution in [2.45, 2.75) is 32.2 Å². The molecule has 4 nitrogen and oxygen atoms in total. The second kappa shape index (κ2) is 4.95. The summed E-state index contributed by atoms with van der Waals surface area (Å²) in [4.78, 5) is 12.0. The Morgan fingerprint density at radius 2 is 1.86 bits per heavy atom. The smallest absolute Gasteiger partial charge is 0.150 e. The summed E-state index contributed by atoms with van der Waals surface area (Å²) < 4.78 is 0. The van der Waals surface area contributed by atoms with Crippen molar-refractivity contribution < 1.29 is 0 Å². The van der Waals surface area contributed by atoms with Crippen molar-refractivity contribution in [1.82, 2.24) is 9.97 Å². The molecule has 110 valence electrons. The number of fused-ring (bicyclic) bond motifs is 2. The molecule has 0 amide bonds. The molecule has 2 fully saturated rings. The van der Waals surface area contributed by atoms with Crippen molar-refractivity contribution in [3.05, 3.63) is 30.0 Å². The fraction of sp³-hybridized carbons (Fsp3) is 0.529. The fourth-order valence-corrected chi connectivity index (χ4v) is 4.07. The lowest BCUT2D eigenvalue weighted by molar-refractivity contribution is 0.260. The van der Waals surface area contributed by atoms with Gasteiger partial charge >= 0.3 is 0 Å². The van der Waals surface area contributed by atoms with E-state index in [1.807, 2.05) is 24.3 Å². The maximum atomic E-state index is 6.33.